The average molecular weight is 459 g/mol. The zero-order valence-corrected chi connectivity index (χ0v) is 17.9. The van der Waals surface area contributed by atoms with Crippen LogP contribution in [0, 0.1) is 24.1 Å². The van der Waals surface area contributed by atoms with Crippen LogP contribution in [0.4, 0.5) is 9.52 Å². The van der Waals surface area contributed by atoms with Crippen molar-refractivity contribution in [2.24, 2.45) is 0 Å². The summed E-state index contributed by atoms with van der Waals surface area (Å²) in [5, 5.41) is 20.1. The molecule has 162 valence electrons. The first kappa shape index (κ1) is 20.6. The van der Waals surface area contributed by atoms with E-state index in [1.807, 2.05) is 6.07 Å². The Morgan fingerprint density at radius 3 is 2.64 bits per heavy atom. The Bertz CT molecular complexity index is 1510. The van der Waals surface area contributed by atoms with Crippen LogP contribution in [-0.2, 0) is 4.79 Å². The summed E-state index contributed by atoms with van der Waals surface area (Å²) in [7, 11) is 0. The molecule has 33 heavy (non-hydrogen) atoms. The second-order valence-corrected chi connectivity index (χ2v) is 8.43. The maximum atomic E-state index is 13.7. The third-order valence-corrected chi connectivity index (χ3v) is 6.34. The summed E-state index contributed by atoms with van der Waals surface area (Å²) in [5.41, 5.74) is 1.20. The van der Waals surface area contributed by atoms with Gasteiger partial charge in [-0.25, -0.2) is 9.37 Å². The molecular formula is C24H14FN3O4S. The number of aliphatic hydroxyl groups is 1. The van der Waals surface area contributed by atoms with Gasteiger partial charge in [-0.2, -0.15) is 5.26 Å². The van der Waals surface area contributed by atoms with Crippen LogP contribution in [0.25, 0.3) is 10.2 Å². The summed E-state index contributed by atoms with van der Waals surface area (Å²) in [5.74, 6) is -2.13. The molecule has 2 aromatic carbocycles. The Hall–Kier alpha value is -4.29. The number of furan rings is 1. The van der Waals surface area contributed by atoms with Crippen LogP contribution in [0.2, 0.25) is 0 Å². The van der Waals surface area contributed by atoms with Crippen molar-refractivity contribution in [3.63, 3.8) is 0 Å². The lowest BCUT2D eigenvalue weighted by Gasteiger charge is -2.24. The molecule has 5 rings (SSSR count). The van der Waals surface area contributed by atoms with E-state index in [0.717, 1.165) is 11.3 Å². The highest BCUT2D eigenvalue weighted by molar-refractivity contribution is 7.22. The molecule has 2 aromatic heterocycles. The monoisotopic (exact) mass is 459 g/mol. The summed E-state index contributed by atoms with van der Waals surface area (Å²) < 4.78 is 19.7. The van der Waals surface area contributed by atoms with E-state index in [-0.39, 0.29) is 16.5 Å². The summed E-state index contributed by atoms with van der Waals surface area (Å²) in [4.78, 5) is 32.1. The Morgan fingerprint density at radius 1 is 1.21 bits per heavy atom. The number of hydrogen-bond acceptors (Lipinski definition) is 7. The minimum Gasteiger partial charge on any atom is -0.503 e. The Morgan fingerprint density at radius 2 is 1.97 bits per heavy atom. The quantitative estimate of drug-likeness (QED) is 0.431. The van der Waals surface area contributed by atoms with Crippen molar-refractivity contribution in [1.29, 1.82) is 5.26 Å². The lowest BCUT2D eigenvalue weighted by atomic mass is 9.94. The lowest BCUT2D eigenvalue weighted by Crippen LogP contribution is -2.30. The molecular weight excluding hydrogens is 445 g/mol. The standard InChI is InChI=1S/C24H14FN3O4S/c1-12-2-9-17(32-12)21(29)19-20(14-5-3-13(11-26)4-6-14)28(23(31)22(19)30)24-27-16-8-7-15(25)10-18(16)33-24/h2-10,20,30H,1H3. The van der Waals surface area contributed by atoms with Gasteiger partial charge < -0.3 is 9.52 Å². The number of halogens is 1. The fourth-order valence-electron chi connectivity index (χ4n) is 3.77. The molecule has 1 atom stereocenters. The smallest absolute Gasteiger partial charge is 0.296 e. The molecule has 1 unspecified atom stereocenters. The number of Topliss-reactive ketones (excluding diaryl/α,β-unsaturated/α-hetero) is 1. The first-order valence-electron chi connectivity index (χ1n) is 9.81. The van der Waals surface area contributed by atoms with Crippen LogP contribution in [0.15, 0.2) is 70.3 Å². The average Bonchev–Trinajstić information content (AvgIpc) is 3.49. The van der Waals surface area contributed by atoms with Crippen molar-refractivity contribution >= 4 is 38.4 Å². The number of hydrogen-bond donors (Lipinski definition) is 1. The number of aliphatic hydroxyl groups excluding tert-OH is 1. The van der Waals surface area contributed by atoms with E-state index in [0.29, 0.717) is 27.1 Å². The van der Waals surface area contributed by atoms with Gasteiger partial charge in [0.05, 0.1) is 33.5 Å². The van der Waals surface area contributed by atoms with Crippen LogP contribution in [0.1, 0.15) is 33.5 Å². The van der Waals surface area contributed by atoms with Gasteiger partial charge in [-0.15, -0.1) is 0 Å². The molecule has 0 spiro atoms. The van der Waals surface area contributed by atoms with Gasteiger partial charge in [0.1, 0.15) is 11.6 Å². The van der Waals surface area contributed by atoms with Crippen LogP contribution in [-0.4, -0.2) is 21.8 Å². The van der Waals surface area contributed by atoms with Crippen LogP contribution in [0.3, 0.4) is 0 Å². The minimum atomic E-state index is -1.02. The van der Waals surface area contributed by atoms with Crippen molar-refractivity contribution < 1.29 is 23.5 Å². The molecule has 0 aliphatic carbocycles. The van der Waals surface area contributed by atoms with Gasteiger partial charge in [0, 0.05) is 0 Å². The van der Waals surface area contributed by atoms with E-state index in [2.05, 4.69) is 4.98 Å². The molecule has 1 N–H and O–H groups in total. The summed E-state index contributed by atoms with van der Waals surface area (Å²) in [6, 6.07) is 14.5. The third-order valence-electron chi connectivity index (χ3n) is 5.32. The number of carbonyl (C=O) groups is 2. The number of fused-ring (bicyclic) bond motifs is 1. The zero-order valence-electron chi connectivity index (χ0n) is 17.1. The van der Waals surface area contributed by atoms with Gasteiger partial charge >= 0.3 is 0 Å². The van der Waals surface area contributed by atoms with Gasteiger partial charge in [0.2, 0.25) is 5.78 Å². The van der Waals surface area contributed by atoms with E-state index in [1.165, 1.54) is 29.2 Å². The normalized spacial score (nSPS) is 16.0. The zero-order chi connectivity index (χ0) is 23.3. The summed E-state index contributed by atoms with van der Waals surface area (Å²) in [6.07, 6.45) is 0. The molecule has 7 nitrogen and oxygen atoms in total. The highest BCUT2D eigenvalue weighted by atomic mass is 32.1. The number of amides is 1. The third kappa shape index (κ3) is 3.37. The minimum absolute atomic E-state index is 0.0197. The highest BCUT2D eigenvalue weighted by Gasteiger charge is 2.46. The molecule has 0 fully saturated rings. The van der Waals surface area contributed by atoms with E-state index >= 15 is 0 Å². The maximum absolute atomic E-state index is 13.7. The first-order chi connectivity index (χ1) is 15.9. The van der Waals surface area contributed by atoms with E-state index < -0.39 is 29.3 Å². The highest BCUT2D eigenvalue weighted by Crippen LogP contribution is 2.44. The molecule has 1 amide bonds. The van der Waals surface area contributed by atoms with Gasteiger partial charge in [-0.05, 0) is 55.0 Å². The Labute approximate surface area is 190 Å². The van der Waals surface area contributed by atoms with E-state index in [4.69, 9.17) is 9.68 Å². The van der Waals surface area contributed by atoms with Crippen LogP contribution < -0.4 is 4.90 Å². The molecule has 9 heteroatoms. The van der Waals surface area contributed by atoms with Gasteiger partial charge in [0.15, 0.2) is 16.7 Å². The number of rotatable bonds is 4. The molecule has 0 radical (unpaired) electrons. The number of carbonyl (C=O) groups excluding carboxylic acids is 2. The largest absolute Gasteiger partial charge is 0.503 e. The molecule has 0 bridgehead atoms. The Balaban J connectivity index is 1.68. The second-order valence-electron chi connectivity index (χ2n) is 7.42. The van der Waals surface area contributed by atoms with E-state index in [1.54, 1.807) is 37.3 Å². The van der Waals surface area contributed by atoms with Gasteiger partial charge in [0.25, 0.3) is 5.91 Å². The number of aromatic nitrogens is 1. The number of ketones is 1. The van der Waals surface area contributed by atoms with E-state index in [9.17, 15) is 19.1 Å². The fraction of sp³-hybridized carbons (Fsp3) is 0.0833. The fourth-order valence-corrected chi connectivity index (χ4v) is 4.79. The van der Waals surface area contributed by atoms with Crippen LogP contribution in [0.5, 0.6) is 0 Å². The number of nitrogens with zero attached hydrogens (tertiary/aromatic N) is 3. The topological polar surface area (TPSA) is 107 Å². The molecule has 0 saturated carbocycles. The van der Waals surface area contributed by atoms with Gasteiger partial charge in [-0.1, -0.05) is 23.5 Å². The summed E-state index contributed by atoms with van der Waals surface area (Å²) >= 11 is 1.06. The first-order valence-corrected chi connectivity index (χ1v) is 10.6. The Kier molecular flexibility index (Phi) is 4.80. The number of anilines is 1. The molecule has 1 aliphatic heterocycles. The van der Waals surface area contributed by atoms with Crippen molar-refractivity contribution in [2.75, 3.05) is 4.90 Å². The molecule has 1 aliphatic rings. The number of aryl methyl sites for hydroxylation is 1. The predicted molar refractivity (Wildman–Crippen MR) is 118 cm³/mol. The van der Waals surface area contributed by atoms with Crippen molar-refractivity contribution in [1.82, 2.24) is 4.98 Å². The van der Waals surface area contributed by atoms with Gasteiger partial charge in [-0.3, -0.25) is 14.5 Å². The van der Waals surface area contributed by atoms with Crippen molar-refractivity contribution in [2.45, 2.75) is 13.0 Å². The number of thiazole rings is 1. The summed E-state index contributed by atoms with van der Waals surface area (Å²) in [6.45, 7) is 1.68. The number of nitriles is 1. The lowest BCUT2D eigenvalue weighted by molar-refractivity contribution is -0.117. The van der Waals surface area contributed by atoms with Crippen molar-refractivity contribution in [3.8, 4) is 6.07 Å². The predicted octanol–water partition coefficient (Wildman–Crippen LogP) is 4.99. The molecule has 3 heterocycles. The SMILES string of the molecule is Cc1ccc(C(=O)C2=C(O)C(=O)N(c3nc4ccc(F)cc4s3)C2c2ccc(C#N)cc2)o1. The maximum Gasteiger partial charge on any atom is 0.296 e. The molecule has 0 saturated heterocycles. The van der Waals surface area contributed by atoms with Crippen molar-refractivity contribution in [3.05, 3.63) is 94.4 Å². The van der Waals surface area contributed by atoms with Crippen LogP contribution >= 0.6 is 11.3 Å². The molecule has 4 aromatic rings. The second kappa shape index (κ2) is 7.69. The number of benzene rings is 2.